The van der Waals surface area contributed by atoms with Crippen molar-refractivity contribution in [1.29, 1.82) is 5.26 Å². The Kier molecular flexibility index (Phi) is 4.04. The van der Waals surface area contributed by atoms with E-state index in [1.165, 1.54) is 6.33 Å². The average Bonchev–Trinajstić information content (AvgIpc) is 3.07. The third-order valence-corrected chi connectivity index (χ3v) is 4.38. The molecule has 0 amide bonds. The van der Waals surface area contributed by atoms with E-state index in [9.17, 15) is 5.26 Å². The van der Waals surface area contributed by atoms with Gasteiger partial charge in [-0.05, 0) is 42.5 Å². The smallest absolute Gasteiger partial charge is 0.118 e. The molecular formula is C20H13ClN4O. The molecule has 0 saturated heterocycles. The van der Waals surface area contributed by atoms with Crippen LogP contribution in [0, 0.1) is 11.3 Å². The molecule has 4 rings (SSSR count). The number of hydrogen-bond acceptors (Lipinski definition) is 4. The molecule has 2 aromatic carbocycles. The lowest BCUT2D eigenvalue weighted by Crippen LogP contribution is -1.96. The Balaban J connectivity index is 2.02. The lowest BCUT2D eigenvalue weighted by atomic mass is 10.1. The molecule has 4 aromatic rings. The molecule has 0 aliphatic carbocycles. The van der Waals surface area contributed by atoms with Crippen LogP contribution in [0.25, 0.3) is 28.0 Å². The Labute approximate surface area is 155 Å². The Bertz CT molecular complexity index is 1140. The highest BCUT2D eigenvalue weighted by Crippen LogP contribution is 2.32. The van der Waals surface area contributed by atoms with E-state index in [0.29, 0.717) is 16.1 Å². The fourth-order valence-corrected chi connectivity index (χ4v) is 3.11. The van der Waals surface area contributed by atoms with Crippen LogP contribution < -0.4 is 4.74 Å². The molecule has 0 spiro atoms. The molecular weight excluding hydrogens is 348 g/mol. The van der Waals surface area contributed by atoms with Gasteiger partial charge in [0, 0.05) is 22.5 Å². The zero-order valence-electron chi connectivity index (χ0n) is 13.8. The van der Waals surface area contributed by atoms with Gasteiger partial charge in [-0.15, -0.1) is 0 Å². The summed E-state index contributed by atoms with van der Waals surface area (Å²) in [4.78, 5) is 8.80. The number of hydrogen-bond donors (Lipinski definition) is 0. The van der Waals surface area contributed by atoms with Crippen LogP contribution in [0.15, 0.2) is 61.1 Å². The van der Waals surface area contributed by atoms with Crippen molar-refractivity contribution in [1.82, 2.24) is 14.5 Å². The third kappa shape index (κ3) is 2.67. The molecule has 0 fully saturated rings. The molecule has 6 heteroatoms. The SMILES string of the molecule is COc1ccc(-c2ncnc3c(C#N)cn(-c4cccc(Cl)c4)c23)cc1. The lowest BCUT2D eigenvalue weighted by Gasteiger charge is -2.09. The van der Waals surface area contributed by atoms with Crippen LogP contribution in [0.1, 0.15) is 5.56 Å². The molecule has 0 aliphatic rings. The molecule has 0 bridgehead atoms. The van der Waals surface area contributed by atoms with Crippen LogP contribution in [0.5, 0.6) is 5.75 Å². The van der Waals surface area contributed by atoms with Crippen LogP contribution in [0.3, 0.4) is 0 Å². The predicted octanol–water partition coefficient (Wildman–Crippen LogP) is 4.62. The molecule has 0 saturated carbocycles. The fourth-order valence-electron chi connectivity index (χ4n) is 2.93. The van der Waals surface area contributed by atoms with Crippen molar-refractivity contribution in [3.8, 4) is 28.8 Å². The van der Waals surface area contributed by atoms with Gasteiger partial charge in [0.15, 0.2) is 0 Å². The van der Waals surface area contributed by atoms with Crippen molar-refractivity contribution in [2.45, 2.75) is 0 Å². The van der Waals surface area contributed by atoms with E-state index in [2.05, 4.69) is 16.0 Å². The Morgan fingerprint density at radius 1 is 1.12 bits per heavy atom. The van der Waals surface area contributed by atoms with Gasteiger partial charge >= 0.3 is 0 Å². The number of methoxy groups -OCH3 is 1. The van der Waals surface area contributed by atoms with Crippen LogP contribution in [-0.2, 0) is 0 Å². The standard InChI is InChI=1S/C20H13ClN4O/c1-26-17-7-5-13(6-8-17)18-20-19(24-12-23-18)14(10-22)11-25(20)16-4-2-3-15(21)9-16/h2-9,11-12H,1H3. The topological polar surface area (TPSA) is 63.7 Å². The summed E-state index contributed by atoms with van der Waals surface area (Å²) < 4.78 is 7.13. The first-order valence-corrected chi connectivity index (χ1v) is 8.25. The van der Waals surface area contributed by atoms with E-state index in [-0.39, 0.29) is 0 Å². The summed E-state index contributed by atoms with van der Waals surface area (Å²) >= 11 is 6.15. The van der Waals surface area contributed by atoms with Crippen molar-refractivity contribution < 1.29 is 4.74 Å². The first-order valence-electron chi connectivity index (χ1n) is 7.88. The van der Waals surface area contributed by atoms with Crippen molar-refractivity contribution in [3.05, 3.63) is 71.6 Å². The molecule has 0 radical (unpaired) electrons. The van der Waals surface area contributed by atoms with Crippen LogP contribution in [0.2, 0.25) is 5.02 Å². The summed E-state index contributed by atoms with van der Waals surface area (Å²) in [6, 6.07) is 17.3. The molecule has 0 aliphatic heterocycles. The Hall–Kier alpha value is -3.36. The number of aromatic nitrogens is 3. The Morgan fingerprint density at radius 2 is 1.92 bits per heavy atom. The minimum atomic E-state index is 0.483. The van der Waals surface area contributed by atoms with E-state index < -0.39 is 0 Å². The maximum absolute atomic E-state index is 9.51. The van der Waals surface area contributed by atoms with E-state index in [4.69, 9.17) is 16.3 Å². The lowest BCUT2D eigenvalue weighted by molar-refractivity contribution is 0.415. The summed E-state index contributed by atoms with van der Waals surface area (Å²) in [6.45, 7) is 0. The van der Waals surface area contributed by atoms with Crippen molar-refractivity contribution in [2.24, 2.45) is 0 Å². The van der Waals surface area contributed by atoms with Gasteiger partial charge in [-0.1, -0.05) is 17.7 Å². The quantitative estimate of drug-likeness (QED) is 0.534. The molecule has 126 valence electrons. The maximum atomic E-state index is 9.51. The summed E-state index contributed by atoms with van der Waals surface area (Å²) in [5.74, 6) is 0.766. The average molecular weight is 361 g/mol. The first-order chi connectivity index (χ1) is 12.7. The second-order valence-electron chi connectivity index (χ2n) is 5.65. The van der Waals surface area contributed by atoms with Gasteiger partial charge in [0.25, 0.3) is 0 Å². The number of ether oxygens (including phenoxy) is 1. The number of benzene rings is 2. The van der Waals surface area contributed by atoms with Crippen LogP contribution in [-0.4, -0.2) is 21.6 Å². The van der Waals surface area contributed by atoms with E-state index in [1.54, 1.807) is 13.3 Å². The number of nitriles is 1. The fraction of sp³-hybridized carbons (Fsp3) is 0.0500. The minimum absolute atomic E-state index is 0.483. The van der Waals surface area contributed by atoms with Crippen molar-refractivity contribution in [3.63, 3.8) is 0 Å². The van der Waals surface area contributed by atoms with Gasteiger partial charge in [0.1, 0.15) is 23.7 Å². The van der Waals surface area contributed by atoms with Gasteiger partial charge in [0.05, 0.1) is 23.9 Å². The summed E-state index contributed by atoms with van der Waals surface area (Å²) in [5.41, 5.74) is 4.33. The highest BCUT2D eigenvalue weighted by atomic mass is 35.5. The molecule has 2 aromatic heterocycles. The van der Waals surface area contributed by atoms with Crippen molar-refractivity contribution >= 4 is 22.6 Å². The number of fused-ring (bicyclic) bond motifs is 1. The van der Waals surface area contributed by atoms with E-state index in [1.807, 2.05) is 53.1 Å². The molecule has 2 heterocycles. The van der Waals surface area contributed by atoms with Crippen LogP contribution >= 0.6 is 11.6 Å². The number of rotatable bonds is 3. The zero-order valence-corrected chi connectivity index (χ0v) is 14.6. The largest absolute Gasteiger partial charge is 0.497 e. The highest BCUT2D eigenvalue weighted by Gasteiger charge is 2.17. The monoisotopic (exact) mass is 360 g/mol. The minimum Gasteiger partial charge on any atom is -0.497 e. The normalized spacial score (nSPS) is 10.7. The highest BCUT2D eigenvalue weighted by molar-refractivity contribution is 6.30. The molecule has 0 atom stereocenters. The van der Waals surface area contributed by atoms with Gasteiger partial charge in [0.2, 0.25) is 0 Å². The van der Waals surface area contributed by atoms with E-state index in [0.717, 1.165) is 28.2 Å². The van der Waals surface area contributed by atoms with Gasteiger partial charge < -0.3 is 9.30 Å². The maximum Gasteiger partial charge on any atom is 0.118 e. The van der Waals surface area contributed by atoms with Crippen LogP contribution in [0.4, 0.5) is 0 Å². The second kappa shape index (κ2) is 6.51. The number of halogens is 1. The molecule has 5 nitrogen and oxygen atoms in total. The molecule has 26 heavy (non-hydrogen) atoms. The summed E-state index contributed by atoms with van der Waals surface area (Å²) in [6.07, 6.45) is 3.24. The molecule has 0 unspecified atom stereocenters. The summed E-state index contributed by atoms with van der Waals surface area (Å²) in [7, 11) is 1.63. The predicted molar refractivity (Wildman–Crippen MR) is 101 cm³/mol. The Morgan fingerprint density at radius 3 is 2.62 bits per heavy atom. The van der Waals surface area contributed by atoms with Crippen molar-refractivity contribution in [2.75, 3.05) is 7.11 Å². The molecule has 0 N–H and O–H groups in total. The second-order valence-corrected chi connectivity index (χ2v) is 6.09. The van der Waals surface area contributed by atoms with Gasteiger partial charge in [-0.3, -0.25) is 0 Å². The van der Waals surface area contributed by atoms with E-state index >= 15 is 0 Å². The number of nitrogens with zero attached hydrogens (tertiary/aromatic N) is 4. The third-order valence-electron chi connectivity index (χ3n) is 4.15. The first kappa shape index (κ1) is 16.1. The summed E-state index contributed by atoms with van der Waals surface area (Å²) in [5, 5.41) is 10.1. The van der Waals surface area contributed by atoms with Gasteiger partial charge in [-0.2, -0.15) is 5.26 Å². The zero-order chi connectivity index (χ0) is 18.1. The van der Waals surface area contributed by atoms with Gasteiger partial charge in [-0.25, -0.2) is 9.97 Å².